The van der Waals surface area contributed by atoms with Crippen molar-refractivity contribution < 1.29 is 0 Å². The third-order valence-corrected chi connectivity index (χ3v) is 3.83. The van der Waals surface area contributed by atoms with Gasteiger partial charge in [0.25, 0.3) is 0 Å². The minimum atomic E-state index is 0.524. The largest absolute Gasteiger partial charge is 0.314 e. The van der Waals surface area contributed by atoms with Crippen LogP contribution in [0.1, 0.15) is 36.5 Å². The van der Waals surface area contributed by atoms with Gasteiger partial charge in [-0.05, 0) is 50.3 Å². The van der Waals surface area contributed by atoms with Crippen LogP contribution in [-0.4, -0.2) is 22.4 Å². The normalized spacial score (nSPS) is 12.5. The van der Waals surface area contributed by atoms with E-state index in [1.54, 1.807) is 0 Å². The maximum atomic E-state index is 4.27. The Hall–Kier alpha value is -1.61. The minimum Gasteiger partial charge on any atom is -0.314 e. The third-order valence-electron chi connectivity index (χ3n) is 3.83. The Labute approximate surface area is 128 Å². The molecule has 0 amide bonds. The highest BCUT2D eigenvalue weighted by Crippen LogP contribution is 2.11. The minimum absolute atomic E-state index is 0.524. The number of rotatable bonds is 8. The van der Waals surface area contributed by atoms with Crippen molar-refractivity contribution in [2.75, 3.05) is 6.54 Å². The van der Waals surface area contributed by atoms with Crippen LogP contribution in [0.3, 0.4) is 0 Å². The van der Waals surface area contributed by atoms with Crippen LogP contribution in [0.15, 0.2) is 36.7 Å². The van der Waals surface area contributed by atoms with E-state index in [1.807, 2.05) is 17.9 Å². The van der Waals surface area contributed by atoms with Gasteiger partial charge in [-0.15, -0.1) is 0 Å². The first kappa shape index (κ1) is 15.8. The van der Waals surface area contributed by atoms with Crippen LogP contribution >= 0.6 is 0 Å². The standard InChI is InChI=1S/C18H27N3/c1-4-11-19-18(12-17-13-20-21(3)14-17)10-9-16-7-5-15(2)6-8-16/h5-8,13-14,18-19H,4,9-12H2,1-3H3. The predicted octanol–water partition coefficient (Wildman–Crippen LogP) is 3.27. The fraction of sp³-hybridized carbons (Fsp3) is 0.500. The fourth-order valence-corrected chi connectivity index (χ4v) is 2.58. The molecule has 1 heterocycles. The van der Waals surface area contributed by atoms with Crippen LogP contribution in [0.4, 0.5) is 0 Å². The van der Waals surface area contributed by atoms with Crippen LogP contribution in [0.5, 0.6) is 0 Å². The van der Waals surface area contributed by atoms with Crippen LogP contribution in [0, 0.1) is 6.92 Å². The third kappa shape index (κ3) is 5.35. The fourth-order valence-electron chi connectivity index (χ4n) is 2.58. The zero-order valence-corrected chi connectivity index (χ0v) is 13.5. The Balaban J connectivity index is 1.90. The SMILES string of the molecule is CCCNC(CCc1ccc(C)cc1)Cc1cnn(C)c1. The summed E-state index contributed by atoms with van der Waals surface area (Å²) in [6.45, 7) is 5.44. The molecule has 2 rings (SSSR count). The lowest BCUT2D eigenvalue weighted by Crippen LogP contribution is -2.32. The van der Waals surface area contributed by atoms with Gasteiger partial charge in [0.15, 0.2) is 0 Å². The van der Waals surface area contributed by atoms with E-state index in [4.69, 9.17) is 0 Å². The molecule has 0 fully saturated rings. The number of nitrogens with zero attached hydrogens (tertiary/aromatic N) is 2. The zero-order chi connectivity index (χ0) is 15.1. The van der Waals surface area contributed by atoms with E-state index in [9.17, 15) is 0 Å². The van der Waals surface area contributed by atoms with Crippen LogP contribution in [0.2, 0.25) is 0 Å². The number of hydrogen-bond acceptors (Lipinski definition) is 2. The molecule has 1 N–H and O–H groups in total. The molecule has 0 aliphatic heterocycles. The molecule has 114 valence electrons. The van der Waals surface area contributed by atoms with Crippen molar-refractivity contribution in [1.29, 1.82) is 0 Å². The Morgan fingerprint density at radius 2 is 1.95 bits per heavy atom. The number of nitrogens with one attached hydrogen (secondary N) is 1. The molecule has 0 radical (unpaired) electrons. The molecular formula is C18H27N3. The predicted molar refractivity (Wildman–Crippen MR) is 88.5 cm³/mol. The van der Waals surface area contributed by atoms with Crippen molar-refractivity contribution in [1.82, 2.24) is 15.1 Å². The molecule has 2 aromatic rings. The molecule has 1 atom stereocenters. The van der Waals surface area contributed by atoms with Gasteiger partial charge in [0.2, 0.25) is 0 Å². The van der Waals surface area contributed by atoms with Gasteiger partial charge >= 0.3 is 0 Å². The zero-order valence-electron chi connectivity index (χ0n) is 13.5. The summed E-state index contributed by atoms with van der Waals surface area (Å²) in [5.74, 6) is 0. The Kier molecular flexibility index (Phi) is 6.00. The summed E-state index contributed by atoms with van der Waals surface area (Å²) in [7, 11) is 1.98. The molecule has 0 bridgehead atoms. The second-order valence-electron chi connectivity index (χ2n) is 5.90. The van der Waals surface area contributed by atoms with Crippen molar-refractivity contribution in [3.05, 3.63) is 53.3 Å². The van der Waals surface area contributed by atoms with Gasteiger partial charge in [0.1, 0.15) is 0 Å². The maximum Gasteiger partial charge on any atom is 0.0522 e. The van der Waals surface area contributed by atoms with Crippen LogP contribution in [0.25, 0.3) is 0 Å². The first-order valence-corrected chi connectivity index (χ1v) is 7.94. The monoisotopic (exact) mass is 285 g/mol. The average Bonchev–Trinajstić information content (AvgIpc) is 2.89. The second kappa shape index (κ2) is 7.99. The summed E-state index contributed by atoms with van der Waals surface area (Å²) in [5.41, 5.74) is 4.07. The van der Waals surface area contributed by atoms with Crippen molar-refractivity contribution in [2.45, 2.75) is 45.6 Å². The molecule has 21 heavy (non-hydrogen) atoms. The van der Waals surface area contributed by atoms with E-state index in [2.05, 4.69) is 54.7 Å². The molecule has 0 spiro atoms. The summed E-state index contributed by atoms with van der Waals surface area (Å²) < 4.78 is 1.88. The van der Waals surface area contributed by atoms with Gasteiger partial charge < -0.3 is 5.32 Å². The number of aromatic nitrogens is 2. The van der Waals surface area contributed by atoms with Crippen LogP contribution < -0.4 is 5.32 Å². The molecule has 1 aromatic carbocycles. The summed E-state index contributed by atoms with van der Waals surface area (Å²) >= 11 is 0. The Morgan fingerprint density at radius 1 is 1.19 bits per heavy atom. The molecular weight excluding hydrogens is 258 g/mol. The summed E-state index contributed by atoms with van der Waals surface area (Å²) in [6.07, 6.45) is 8.62. The smallest absolute Gasteiger partial charge is 0.0522 e. The molecule has 0 saturated carbocycles. The highest BCUT2D eigenvalue weighted by molar-refractivity contribution is 5.21. The summed E-state index contributed by atoms with van der Waals surface area (Å²) in [4.78, 5) is 0. The quantitative estimate of drug-likeness (QED) is 0.806. The van der Waals surface area contributed by atoms with Crippen molar-refractivity contribution in [2.24, 2.45) is 7.05 Å². The highest BCUT2D eigenvalue weighted by atomic mass is 15.2. The van der Waals surface area contributed by atoms with E-state index >= 15 is 0 Å². The Morgan fingerprint density at radius 3 is 2.57 bits per heavy atom. The first-order chi connectivity index (χ1) is 10.2. The molecule has 0 aliphatic rings. The molecule has 0 aliphatic carbocycles. The van der Waals surface area contributed by atoms with E-state index in [0.29, 0.717) is 6.04 Å². The first-order valence-electron chi connectivity index (χ1n) is 7.94. The Bertz CT molecular complexity index is 528. The van der Waals surface area contributed by atoms with Crippen molar-refractivity contribution in [3.63, 3.8) is 0 Å². The van der Waals surface area contributed by atoms with Gasteiger partial charge in [0, 0.05) is 19.3 Å². The van der Waals surface area contributed by atoms with Gasteiger partial charge in [-0.2, -0.15) is 5.10 Å². The van der Waals surface area contributed by atoms with E-state index in [-0.39, 0.29) is 0 Å². The van der Waals surface area contributed by atoms with Crippen LogP contribution in [-0.2, 0) is 19.9 Å². The molecule has 0 saturated heterocycles. The summed E-state index contributed by atoms with van der Waals surface area (Å²) in [5, 5.41) is 7.94. The van der Waals surface area contributed by atoms with E-state index < -0.39 is 0 Å². The molecule has 1 unspecified atom stereocenters. The van der Waals surface area contributed by atoms with Gasteiger partial charge in [-0.25, -0.2) is 0 Å². The molecule has 3 nitrogen and oxygen atoms in total. The van der Waals surface area contributed by atoms with Gasteiger partial charge in [0.05, 0.1) is 6.20 Å². The number of aryl methyl sites for hydroxylation is 3. The highest BCUT2D eigenvalue weighted by Gasteiger charge is 2.10. The molecule has 1 aromatic heterocycles. The van der Waals surface area contributed by atoms with Gasteiger partial charge in [-0.1, -0.05) is 36.8 Å². The summed E-state index contributed by atoms with van der Waals surface area (Å²) in [6, 6.07) is 9.41. The lowest BCUT2D eigenvalue weighted by Gasteiger charge is -2.18. The topological polar surface area (TPSA) is 29.9 Å². The second-order valence-corrected chi connectivity index (χ2v) is 5.90. The lowest BCUT2D eigenvalue weighted by atomic mass is 10.00. The average molecular weight is 285 g/mol. The number of hydrogen-bond donors (Lipinski definition) is 1. The molecule has 3 heteroatoms. The van der Waals surface area contributed by atoms with E-state index in [0.717, 1.165) is 25.8 Å². The lowest BCUT2D eigenvalue weighted by molar-refractivity contribution is 0.477. The maximum absolute atomic E-state index is 4.27. The van der Waals surface area contributed by atoms with Crippen molar-refractivity contribution in [3.8, 4) is 0 Å². The van der Waals surface area contributed by atoms with Gasteiger partial charge in [-0.3, -0.25) is 4.68 Å². The van der Waals surface area contributed by atoms with E-state index in [1.165, 1.54) is 23.1 Å². The van der Waals surface area contributed by atoms with Crippen molar-refractivity contribution >= 4 is 0 Å². The number of benzene rings is 1.